The number of benzene rings is 1. The first kappa shape index (κ1) is 18.5. The number of hydrogen-bond donors (Lipinski definition) is 1. The van der Waals surface area contributed by atoms with Crippen molar-refractivity contribution in [1.82, 2.24) is 15.2 Å². The fourth-order valence-corrected chi connectivity index (χ4v) is 3.99. The van der Waals surface area contributed by atoms with Gasteiger partial charge in [-0.1, -0.05) is 12.1 Å². The predicted octanol–water partition coefficient (Wildman–Crippen LogP) is 2.58. The molecule has 1 unspecified atom stereocenters. The van der Waals surface area contributed by atoms with Crippen LogP contribution in [0.15, 0.2) is 48.8 Å². The van der Waals surface area contributed by atoms with Crippen LogP contribution in [0.1, 0.15) is 6.42 Å². The molecular formula is C21H26FN5O. The Morgan fingerprint density at radius 1 is 1.04 bits per heavy atom. The van der Waals surface area contributed by atoms with Gasteiger partial charge in [0.05, 0.1) is 5.69 Å². The zero-order valence-electron chi connectivity index (χ0n) is 15.9. The minimum absolute atomic E-state index is 0.00119. The molecule has 1 aromatic carbocycles. The molecule has 2 aliphatic heterocycles. The van der Waals surface area contributed by atoms with Gasteiger partial charge in [0.1, 0.15) is 5.82 Å². The Morgan fingerprint density at radius 3 is 2.54 bits per heavy atom. The highest BCUT2D eigenvalue weighted by atomic mass is 19.1. The second-order valence-corrected chi connectivity index (χ2v) is 7.42. The van der Waals surface area contributed by atoms with Crippen molar-refractivity contribution in [3.63, 3.8) is 0 Å². The smallest absolute Gasteiger partial charge is 0.317 e. The molecule has 28 heavy (non-hydrogen) atoms. The third-order valence-corrected chi connectivity index (χ3v) is 5.62. The molecule has 2 aliphatic rings. The summed E-state index contributed by atoms with van der Waals surface area (Å²) in [7, 11) is 0. The number of halogens is 1. The molecule has 0 radical (unpaired) electrons. The van der Waals surface area contributed by atoms with Crippen molar-refractivity contribution in [2.24, 2.45) is 5.92 Å². The quantitative estimate of drug-likeness (QED) is 0.882. The molecule has 148 valence electrons. The van der Waals surface area contributed by atoms with Gasteiger partial charge in [-0.3, -0.25) is 4.98 Å². The maximum absolute atomic E-state index is 14.0. The van der Waals surface area contributed by atoms with Crippen molar-refractivity contribution in [1.29, 1.82) is 0 Å². The normalized spacial score (nSPS) is 19.8. The van der Waals surface area contributed by atoms with Crippen LogP contribution >= 0.6 is 0 Å². The molecule has 4 rings (SSSR count). The first-order chi connectivity index (χ1) is 13.7. The Bertz CT molecular complexity index is 794. The van der Waals surface area contributed by atoms with Gasteiger partial charge in [-0.05, 0) is 36.6 Å². The van der Waals surface area contributed by atoms with Crippen molar-refractivity contribution < 1.29 is 9.18 Å². The van der Waals surface area contributed by atoms with E-state index < -0.39 is 0 Å². The highest BCUT2D eigenvalue weighted by Crippen LogP contribution is 2.25. The number of aromatic nitrogens is 1. The van der Waals surface area contributed by atoms with Crippen molar-refractivity contribution in [2.75, 3.05) is 55.6 Å². The van der Waals surface area contributed by atoms with E-state index in [1.165, 1.54) is 6.07 Å². The summed E-state index contributed by atoms with van der Waals surface area (Å²) >= 11 is 0. The van der Waals surface area contributed by atoms with Gasteiger partial charge in [0, 0.05) is 63.9 Å². The average molecular weight is 383 g/mol. The van der Waals surface area contributed by atoms with Crippen LogP contribution in [0, 0.1) is 11.7 Å². The SMILES string of the molecule is O=C(NCC1CCN(c2ccccc2F)C1)N1CCN(c2ccncc2)CC1. The molecule has 1 aromatic heterocycles. The molecule has 3 heterocycles. The van der Waals surface area contributed by atoms with Crippen LogP contribution in [0.3, 0.4) is 0 Å². The molecule has 0 saturated carbocycles. The Balaban J connectivity index is 1.22. The fraction of sp³-hybridized carbons (Fsp3) is 0.429. The van der Waals surface area contributed by atoms with Gasteiger partial charge in [-0.25, -0.2) is 9.18 Å². The van der Waals surface area contributed by atoms with Gasteiger partial charge in [-0.15, -0.1) is 0 Å². The number of amides is 2. The summed E-state index contributed by atoms with van der Waals surface area (Å²) in [5.74, 6) is 0.168. The summed E-state index contributed by atoms with van der Waals surface area (Å²) in [4.78, 5) is 22.8. The molecule has 2 amide bonds. The Kier molecular flexibility index (Phi) is 5.60. The minimum atomic E-state index is -0.181. The first-order valence-electron chi connectivity index (χ1n) is 9.88. The zero-order valence-corrected chi connectivity index (χ0v) is 15.9. The molecule has 2 fully saturated rings. The number of nitrogens with zero attached hydrogens (tertiary/aromatic N) is 4. The van der Waals surface area contributed by atoms with Crippen molar-refractivity contribution in [3.05, 3.63) is 54.6 Å². The lowest BCUT2D eigenvalue weighted by Crippen LogP contribution is -2.52. The van der Waals surface area contributed by atoms with E-state index in [4.69, 9.17) is 0 Å². The van der Waals surface area contributed by atoms with Crippen LogP contribution in [-0.4, -0.2) is 61.7 Å². The van der Waals surface area contributed by atoms with Crippen molar-refractivity contribution in [2.45, 2.75) is 6.42 Å². The lowest BCUT2D eigenvalue weighted by molar-refractivity contribution is 0.193. The third-order valence-electron chi connectivity index (χ3n) is 5.62. The number of carbonyl (C=O) groups excluding carboxylic acids is 1. The molecule has 1 atom stereocenters. The third kappa shape index (κ3) is 4.18. The summed E-state index contributed by atoms with van der Waals surface area (Å²) in [6.07, 6.45) is 4.55. The number of piperazine rings is 1. The number of carbonyl (C=O) groups is 1. The van der Waals surface area contributed by atoms with Gasteiger partial charge in [0.25, 0.3) is 0 Å². The van der Waals surface area contributed by atoms with Gasteiger partial charge >= 0.3 is 6.03 Å². The molecule has 2 saturated heterocycles. The maximum atomic E-state index is 14.0. The van der Waals surface area contributed by atoms with Crippen LogP contribution in [0.2, 0.25) is 0 Å². The standard InChI is InChI=1S/C21H26FN5O/c22-19-3-1-2-4-20(19)27-10-7-17(16-27)15-24-21(28)26-13-11-25(12-14-26)18-5-8-23-9-6-18/h1-6,8-9,17H,7,10-16H2,(H,24,28). The van der Waals surface area contributed by atoms with E-state index in [-0.39, 0.29) is 11.8 Å². The first-order valence-corrected chi connectivity index (χ1v) is 9.88. The van der Waals surface area contributed by atoms with E-state index in [1.807, 2.05) is 29.2 Å². The number of para-hydroxylation sites is 1. The van der Waals surface area contributed by atoms with E-state index in [1.54, 1.807) is 18.5 Å². The summed E-state index contributed by atoms with van der Waals surface area (Å²) in [5.41, 5.74) is 1.80. The highest BCUT2D eigenvalue weighted by molar-refractivity contribution is 5.74. The van der Waals surface area contributed by atoms with Crippen LogP contribution in [0.25, 0.3) is 0 Å². The van der Waals surface area contributed by atoms with E-state index in [2.05, 4.69) is 20.1 Å². The topological polar surface area (TPSA) is 51.7 Å². The molecular weight excluding hydrogens is 357 g/mol. The predicted molar refractivity (Wildman–Crippen MR) is 108 cm³/mol. The molecule has 6 nitrogen and oxygen atoms in total. The summed E-state index contributed by atoms with van der Waals surface area (Å²) in [6, 6.07) is 10.9. The van der Waals surface area contributed by atoms with E-state index in [9.17, 15) is 9.18 Å². The van der Waals surface area contributed by atoms with Crippen LogP contribution in [-0.2, 0) is 0 Å². The van der Waals surface area contributed by atoms with Crippen LogP contribution < -0.4 is 15.1 Å². The van der Waals surface area contributed by atoms with Crippen LogP contribution in [0.5, 0.6) is 0 Å². The Labute approximate surface area is 165 Å². The number of hydrogen-bond acceptors (Lipinski definition) is 4. The van der Waals surface area contributed by atoms with E-state index in [0.29, 0.717) is 31.2 Å². The number of rotatable bonds is 4. The Hall–Kier alpha value is -2.83. The van der Waals surface area contributed by atoms with Crippen molar-refractivity contribution in [3.8, 4) is 0 Å². The number of urea groups is 1. The number of pyridine rings is 1. The molecule has 1 N–H and O–H groups in total. The monoisotopic (exact) mass is 383 g/mol. The second-order valence-electron chi connectivity index (χ2n) is 7.42. The molecule has 0 aliphatic carbocycles. The molecule has 0 spiro atoms. The van der Waals surface area contributed by atoms with Gasteiger partial charge in [0.2, 0.25) is 0 Å². The highest BCUT2D eigenvalue weighted by Gasteiger charge is 2.26. The van der Waals surface area contributed by atoms with Gasteiger partial charge in [-0.2, -0.15) is 0 Å². The van der Waals surface area contributed by atoms with Gasteiger partial charge in [0.15, 0.2) is 0 Å². The second kappa shape index (κ2) is 8.46. The average Bonchev–Trinajstić information content (AvgIpc) is 3.22. The fourth-order valence-electron chi connectivity index (χ4n) is 3.99. The van der Waals surface area contributed by atoms with E-state index in [0.717, 1.165) is 38.3 Å². The van der Waals surface area contributed by atoms with E-state index >= 15 is 0 Å². The minimum Gasteiger partial charge on any atom is -0.369 e. The number of nitrogens with one attached hydrogen (secondary N) is 1. The largest absolute Gasteiger partial charge is 0.369 e. The van der Waals surface area contributed by atoms with Gasteiger partial charge < -0.3 is 20.0 Å². The van der Waals surface area contributed by atoms with Crippen LogP contribution in [0.4, 0.5) is 20.6 Å². The molecule has 2 aromatic rings. The molecule has 7 heteroatoms. The summed E-state index contributed by atoms with van der Waals surface area (Å²) in [5, 5.41) is 3.07. The lowest BCUT2D eigenvalue weighted by Gasteiger charge is -2.36. The number of anilines is 2. The van der Waals surface area contributed by atoms with Crippen molar-refractivity contribution >= 4 is 17.4 Å². The zero-order chi connectivity index (χ0) is 19.3. The summed E-state index contributed by atoms with van der Waals surface area (Å²) < 4.78 is 14.0. The molecule has 0 bridgehead atoms. The lowest BCUT2D eigenvalue weighted by atomic mass is 10.1. The maximum Gasteiger partial charge on any atom is 0.317 e. The Morgan fingerprint density at radius 2 is 1.79 bits per heavy atom. The summed E-state index contributed by atoms with van der Waals surface area (Å²) in [6.45, 7) is 5.29.